The van der Waals surface area contributed by atoms with Gasteiger partial charge in [-0.25, -0.2) is 8.42 Å². The maximum Gasteiger partial charge on any atom is 0.251 e. The number of fused-ring (bicyclic) bond motifs is 1. The van der Waals surface area contributed by atoms with Gasteiger partial charge in [-0.3, -0.25) is 9.59 Å². The molecule has 1 aliphatic heterocycles. The van der Waals surface area contributed by atoms with Crippen LogP contribution in [0.3, 0.4) is 0 Å². The van der Waals surface area contributed by atoms with E-state index in [1.54, 1.807) is 12.1 Å². The maximum absolute atomic E-state index is 12.9. The Morgan fingerprint density at radius 2 is 1.91 bits per heavy atom. The van der Waals surface area contributed by atoms with Crippen LogP contribution in [0.1, 0.15) is 72.1 Å². The summed E-state index contributed by atoms with van der Waals surface area (Å²) in [5.74, 6) is -0.943. The standard InChI is InChI=1S/C28H38N2O4S/c1-5-7-8-21(6-2)16-29-27(31)23-12-11-22-14-25(28(32)30-26(22)15-23)18-35(33,34)17-24-13-19(3)9-10-20(24)4/h9-13,15,21,25H,5-8,14,16-18H2,1-4H3,(H,29,31)(H,30,32)/t21-,25-/m0/s1. The highest BCUT2D eigenvalue weighted by Gasteiger charge is 2.31. The summed E-state index contributed by atoms with van der Waals surface area (Å²) < 4.78 is 25.8. The lowest BCUT2D eigenvalue weighted by atomic mass is 9.93. The second-order valence-electron chi connectivity index (χ2n) is 9.87. The molecular formula is C28H38N2O4S. The summed E-state index contributed by atoms with van der Waals surface area (Å²) >= 11 is 0. The van der Waals surface area contributed by atoms with E-state index in [4.69, 9.17) is 0 Å². The van der Waals surface area contributed by atoms with E-state index < -0.39 is 15.8 Å². The van der Waals surface area contributed by atoms with E-state index >= 15 is 0 Å². The van der Waals surface area contributed by atoms with E-state index in [2.05, 4.69) is 24.5 Å². The van der Waals surface area contributed by atoms with E-state index in [1.165, 1.54) is 0 Å². The Bertz CT molecular complexity index is 1170. The fourth-order valence-corrected chi connectivity index (χ4v) is 6.37. The Morgan fingerprint density at radius 3 is 2.63 bits per heavy atom. The summed E-state index contributed by atoms with van der Waals surface area (Å²) in [6.07, 6.45) is 4.75. The lowest BCUT2D eigenvalue weighted by Crippen LogP contribution is -2.35. The summed E-state index contributed by atoms with van der Waals surface area (Å²) in [4.78, 5) is 25.4. The average molecular weight is 499 g/mol. The minimum Gasteiger partial charge on any atom is -0.352 e. The Labute approximate surface area is 209 Å². The van der Waals surface area contributed by atoms with Gasteiger partial charge in [0.2, 0.25) is 5.91 Å². The molecule has 6 nitrogen and oxygen atoms in total. The first kappa shape index (κ1) is 26.9. The van der Waals surface area contributed by atoms with E-state index in [0.717, 1.165) is 47.9 Å². The second-order valence-corrected chi connectivity index (χ2v) is 12.0. The molecule has 0 aromatic heterocycles. The molecule has 0 unspecified atom stereocenters. The van der Waals surface area contributed by atoms with Crippen LogP contribution in [0, 0.1) is 25.7 Å². The first-order chi connectivity index (χ1) is 16.6. The van der Waals surface area contributed by atoms with Gasteiger partial charge in [0, 0.05) is 17.8 Å². The molecule has 3 rings (SSSR count). The van der Waals surface area contributed by atoms with Crippen LogP contribution in [0.15, 0.2) is 36.4 Å². The predicted octanol–water partition coefficient (Wildman–Crippen LogP) is 4.98. The van der Waals surface area contributed by atoms with Crippen LogP contribution in [-0.4, -0.2) is 32.5 Å². The second kappa shape index (κ2) is 11.8. The van der Waals surface area contributed by atoms with E-state index in [-0.39, 0.29) is 23.3 Å². The summed E-state index contributed by atoms with van der Waals surface area (Å²) in [6, 6.07) is 11.0. The number of carbonyl (C=O) groups excluding carboxylic acids is 2. The highest BCUT2D eigenvalue weighted by atomic mass is 32.2. The van der Waals surface area contributed by atoms with Crippen molar-refractivity contribution in [2.24, 2.45) is 11.8 Å². The van der Waals surface area contributed by atoms with Gasteiger partial charge in [0.25, 0.3) is 5.91 Å². The van der Waals surface area contributed by atoms with Gasteiger partial charge in [0.05, 0.1) is 17.4 Å². The molecule has 0 spiro atoms. The van der Waals surface area contributed by atoms with Crippen molar-refractivity contribution in [3.05, 3.63) is 64.2 Å². The van der Waals surface area contributed by atoms with Gasteiger partial charge in [-0.2, -0.15) is 0 Å². The number of rotatable bonds is 11. The molecule has 1 heterocycles. The number of carbonyl (C=O) groups is 2. The van der Waals surface area contributed by atoms with Crippen LogP contribution in [0.25, 0.3) is 0 Å². The van der Waals surface area contributed by atoms with Gasteiger partial charge in [-0.1, -0.05) is 62.9 Å². The zero-order chi connectivity index (χ0) is 25.6. The molecule has 2 amide bonds. The lowest BCUT2D eigenvalue weighted by Gasteiger charge is -2.25. The smallest absolute Gasteiger partial charge is 0.251 e. The van der Waals surface area contributed by atoms with Gasteiger partial charge in [0.15, 0.2) is 9.84 Å². The zero-order valence-corrected chi connectivity index (χ0v) is 22.1. The molecule has 35 heavy (non-hydrogen) atoms. The molecule has 2 aromatic carbocycles. The van der Waals surface area contributed by atoms with Gasteiger partial charge in [-0.05, 0) is 61.4 Å². The SMILES string of the molecule is CCCC[C@H](CC)CNC(=O)c1ccc2c(c1)NC(=O)[C@H](CS(=O)(=O)Cc1cc(C)ccc1C)C2. The van der Waals surface area contributed by atoms with Crippen molar-refractivity contribution in [3.8, 4) is 0 Å². The third-order valence-electron chi connectivity index (χ3n) is 6.90. The van der Waals surface area contributed by atoms with Crippen molar-refractivity contribution in [1.29, 1.82) is 0 Å². The molecule has 0 saturated carbocycles. The van der Waals surface area contributed by atoms with E-state index in [9.17, 15) is 18.0 Å². The number of benzene rings is 2. The van der Waals surface area contributed by atoms with Crippen LogP contribution in [0.2, 0.25) is 0 Å². The summed E-state index contributed by atoms with van der Waals surface area (Å²) in [5, 5.41) is 5.85. The van der Waals surface area contributed by atoms with Crippen LogP contribution >= 0.6 is 0 Å². The van der Waals surface area contributed by atoms with Crippen molar-refractivity contribution in [3.63, 3.8) is 0 Å². The van der Waals surface area contributed by atoms with Gasteiger partial charge in [0.1, 0.15) is 0 Å². The molecule has 0 radical (unpaired) electrons. The van der Waals surface area contributed by atoms with Crippen molar-refractivity contribution in [2.75, 3.05) is 17.6 Å². The first-order valence-electron chi connectivity index (χ1n) is 12.6. The average Bonchev–Trinajstić information content (AvgIpc) is 2.81. The highest BCUT2D eigenvalue weighted by molar-refractivity contribution is 7.90. The van der Waals surface area contributed by atoms with Gasteiger partial charge < -0.3 is 10.6 Å². The Kier molecular flexibility index (Phi) is 9.11. The molecule has 2 atom stereocenters. The number of nitrogens with one attached hydrogen (secondary N) is 2. The number of aryl methyl sites for hydroxylation is 2. The van der Waals surface area contributed by atoms with Crippen LogP contribution in [-0.2, 0) is 26.8 Å². The Hall–Kier alpha value is -2.67. The maximum atomic E-state index is 12.9. The third kappa shape index (κ3) is 7.40. The zero-order valence-electron chi connectivity index (χ0n) is 21.3. The predicted molar refractivity (Wildman–Crippen MR) is 141 cm³/mol. The molecule has 0 bridgehead atoms. The number of unbranched alkanes of at least 4 members (excludes halogenated alkanes) is 1. The summed E-state index contributed by atoms with van der Waals surface area (Å²) in [5.41, 5.74) is 4.65. The van der Waals surface area contributed by atoms with Crippen LogP contribution < -0.4 is 10.6 Å². The Balaban J connectivity index is 1.64. The topological polar surface area (TPSA) is 92.3 Å². The quantitative estimate of drug-likeness (QED) is 0.457. The van der Waals surface area contributed by atoms with E-state index in [1.807, 2.05) is 38.1 Å². The third-order valence-corrected chi connectivity index (χ3v) is 8.56. The monoisotopic (exact) mass is 498 g/mol. The van der Waals surface area contributed by atoms with Gasteiger partial charge >= 0.3 is 0 Å². The molecule has 2 aromatic rings. The molecule has 0 aliphatic carbocycles. The summed E-state index contributed by atoms with van der Waals surface area (Å²) in [7, 11) is -3.48. The van der Waals surface area contributed by atoms with Gasteiger partial charge in [-0.15, -0.1) is 0 Å². The highest BCUT2D eigenvalue weighted by Crippen LogP contribution is 2.28. The molecule has 0 fully saturated rings. The number of sulfone groups is 1. The van der Waals surface area contributed by atoms with Crippen LogP contribution in [0.5, 0.6) is 0 Å². The molecule has 190 valence electrons. The first-order valence-corrected chi connectivity index (χ1v) is 14.4. The minimum absolute atomic E-state index is 0.0761. The normalized spacial score (nSPS) is 16.3. The minimum atomic E-state index is -3.48. The number of amides is 2. The fraction of sp³-hybridized carbons (Fsp3) is 0.500. The Morgan fingerprint density at radius 1 is 1.14 bits per heavy atom. The van der Waals surface area contributed by atoms with E-state index in [0.29, 0.717) is 30.1 Å². The molecule has 1 aliphatic rings. The van der Waals surface area contributed by atoms with Crippen LogP contribution in [0.4, 0.5) is 5.69 Å². The fourth-order valence-electron chi connectivity index (χ4n) is 4.58. The molecule has 0 saturated heterocycles. The molecule has 7 heteroatoms. The molecular weight excluding hydrogens is 460 g/mol. The van der Waals surface area contributed by atoms with Crippen molar-refractivity contribution in [1.82, 2.24) is 5.32 Å². The summed E-state index contributed by atoms with van der Waals surface area (Å²) in [6.45, 7) is 8.77. The molecule has 2 N–H and O–H groups in total. The van der Waals surface area contributed by atoms with Crippen molar-refractivity contribution >= 4 is 27.3 Å². The largest absolute Gasteiger partial charge is 0.352 e. The van der Waals surface area contributed by atoms with Crippen molar-refractivity contribution < 1.29 is 18.0 Å². The lowest BCUT2D eigenvalue weighted by molar-refractivity contribution is -0.119. The van der Waals surface area contributed by atoms with Crippen molar-refractivity contribution in [2.45, 2.75) is 65.6 Å². The number of anilines is 1. The number of hydrogen-bond acceptors (Lipinski definition) is 4. The number of hydrogen-bond donors (Lipinski definition) is 2.